The number of nitrogens with one attached hydrogen (secondary N) is 1. The molecule has 1 heterocycles. The van der Waals surface area contributed by atoms with Crippen LogP contribution < -0.4 is 10.1 Å². The molecule has 0 aromatic heterocycles. The smallest absolute Gasteiger partial charge is 0.129 e. The second-order valence-corrected chi connectivity index (χ2v) is 6.29. The number of hydrogen-bond acceptors (Lipinski definition) is 3. The SMILES string of the molecule is CC1(C)Cc2cccc(C(C#N)NCC3CC3)c2O1. The molecule has 3 rings (SSSR count). The van der Waals surface area contributed by atoms with Crippen LogP contribution in [0.2, 0.25) is 0 Å². The van der Waals surface area contributed by atoms with E-state index >= 15 is 0 Å². The summed E-state index contributed by atoms with van der Waals surface area (Å²) in [6.45, 7) is 5.12. The average molecular weight is 256 g/mol. The molecule has 0 saturated heterocycles. The Balaban J connectivity index is 1.84. The first kappa shape index (κ1) is 12.5. The Morgan fingerprint density at radius 2 is 2.26 bits per heavy atom. The maximum atomic E-state index is 9.41. The minimum absolute atomic E-state index is 0.158. The molecule has 2 aliphatic rings. The molecule has 0 radical (unpaired) electrons. The zero-order chi connectivity index (χ0) is 13.5. The van der Waals surface area contributed by atoms with Crippen molar-refractivity contribution in [2.45, 2.75) is 44.8 Å². The molecule has 0 spiro atoms. The molecule has 3 heteroatoms. The first-order valence-corrected chi connectivity index (χ1v) is 7.03. The third-order valence-corrected chi connectivity index (χ3v) is 3.87. The Bertz CT molecular complexity index is 526. The van der Waals surface area contributed by atoms with E-state index < -0.39 is 0 Å². The predicted molar refractivity (Wildman–Crippen MR) is 73.9 cm³/mol. The summed E-state index contributed by atoms with van der Waals surface area (Å²) in [6, 6.07) is 8.25. The number of hydrogen-bond donors (Lipinski definition) is 1. The number of ether oxygens (including phenoxy) is 1. The molecule has 1 N–H and O–H groups in total. The van der Waals surface area contributed by atoms with Crippen LogP contribution in [0.1, 0.15) is 43.9 Å². The van der Waals surface area contributed by atoms with E-state index in [1.54, 1.807) is 0 Å². The van der Waals surface area contributed by atoms with Crippen molar-refractivity contribution in [1.82, 2.24) is 5.32 Å². The normalized spacial score (nSPS) is 21.3. The van der Waals surface area contributed by atoms with Crippen LogP contribution in [0.25, 0.3) is 0 Å². The zero-order valence-electron chi connectivity index (χ0n) is 11.6. The largest absolute Gasteiger partial charge is 0.487 e. The molecule has 1 unspecified atom stereocenters. The Morgan fingerprint density at radius 1 is 1.47 bits per heavy atom. The molecule has 0 amide bonds. The van der Waals surface area contributed by atoms with Gasteiger partial charge in [-0.05, 0) is 44.7 Å². The van der Waals surface area contributed by atoms with Crippen molar-refractivity contribution in [3.8, 4) is 11.8 Å². The summed E-state index contributed by atoms with van der Waals surface area (Å²) < 4.78 is 6.04. The third-order valence-electron chi connectivity index (χ3n) is 3.87. The minimum Gasteiger partial charge on any atom is -0.487 e. The van der Waals surface area contributed by atoms with Crippen LogP contribution in [-0.4, -0.2) is 12.1 Å². The standard InChI is InChI=1S/C16H20N2O/c1-16(2)8-12-4-3-5-13(15(12)19-16)14(9-17)18-10-11-6-7-11/h3-5,11,14,18H,6-8,10H2,1-2H3. The highest BCUT2D eigenvalue weighted by atomic mass is 16.5. The maximum Gasteiger partial charge on any atom is 0.129 e. The van der Waals surface area contributed by atoms with Crippen LogP contribution in [0.3, 0.4) is 0 Å². The minimum atomic E-state index is -0.260. The average Bonchev–Trinajstić information content (AvgIpc) is 3.11. The lowest BCUT2D eigenvalue weighted by atomic mass is 9.98. The number of benzene rings is 1. The van der Waals surface area contributed by atoms with Gasteiger partial charge in [-0.25, -0.2) is 0 Å². The molecular weight excluding hydrogens is 236 g/mol. The summed E-state index contributed by atoms with van der Waals surface area (Å²) in [7, 11) is 0. The first-order chi connectivity index (χ1) is 9.09. The molecule has 1 fully saturated rings. The van der Waals surface area contributed by atoms with Gasteiger partial charge in [0.05, 0.1) is 6.07 Å². The van der Waals surface area contributed by atoms with Gasteiger partial charge >= 0.3 is 0 Å². The van der Waals surface area contributed by atoms with E-state index in [-0.39, 0.29) is 11.6 Å². The Kier molecular flexibility index (Phi) is 2.99. The number of nitrogens with zero attached hydrogens (tertiary/aromatic N) is 1. The highest BCUT2D eigenvalue weighted by Crippen LogP contribution is 2.40. The van der Waals surface area contributed by atoms with Gasteiger partial charge in [-0.15, -0.1) is 0 Å². The second-order valence-electron chi connectivity index (χ2n) is 6.29. The molecular formula is C16H20N2O. The van der Waals surface area contributed by atoms with E-state index in [0.717, 1.165) is 30.2 Å². The monoisotopic (exact) mass is 256 g/mol. The fourth-order valence-corrected chi connectivity index (χ4v) is 2.70. The maximum absolute atomic E-state index is 9.41. The molecule has 1 aliphatic heterocycles. The molecule has 0 bridgehead atoms. The Morgan fingerprint density at radius 3 is 2.95 bits per heavy atom. The van der Waals surface area contributed by atoms with Gasteiger partial charge in [0.2, 0.25) is 0 Å². The molecule has 1 atom stereocenters. The molecule has 19 heavy (non-hydrogen) atoms. The van der Waals surface area contributed by atoms with Crippen LogP contribution in [0.15, 0.2) is 18.2 Å². The number of nitriles is 1. The van der Waals surface area contributed by atoms with Crippen molar-refractivity contribution >= 4 is 0 Å². The van der Waals surface area contributed by atoms with Crippen molar-refractivity contribution in [3.05, 3.63) is 29.3 Å². The van der Waals surface area contributed by atoms with Crippen molar-refractivity contribution in [1.29, 1.82) is 5.26 Å². The molecule has 1 aromatic carbocycles. The molecule has 1 saturated carbocycles. The van der Waals surface area contributed by atoms with Gasteiger partial charge in [0.25, 0.3) is 0 Å². The highest BCUT2D eigenvalue weighted by molar-refractivity contribution is 5.48. The number of rotatable bonds is 4. The lowest BCUT2D eigenvalue weighted by molar-refractivity contribution is 0.137. The quantitative estimate of drug-likeness (QED) is 0.900. The second kappa shape index (κ2) is 4.54. The van der Waals surface area contributed by atoms with Crippen molar-refractivity contribution < 1.29 is 4.74 Å². The fraction of sp³-hybridized carbons (Fsp3) is 0.562. The third kappa shape index (κ3) is 2.59. The van der Waals surface area contributed by atoms with Crippen LogP contribution >= 0.6 is 0 Å². The summed E-state index contributed by atoms with van der Waals surface area (Å²) in [5.74, 6) is 1.69. The van der Waals surface area contributed by atoms with Crippen LogP contribution in [0, 0.1) is 17.2 Å². The van der Waals surface area contributed by atoms with Crippen molar-refractivity contribution in [3.63, 3.8) is 0 Å². The van der Waals surface area contributed by atoms with Gasteiger partial charge in [0, 0.05) is 12.0 Å². The Hall–Kier alpha value is -1.53. The summed E-state index contributed by atoms with van der Waals surface area (Å²) in [4.78, 5) is 0. The van der Waals surface area contributed by atoms with Gasteiger partial charge in [0.15, 0.2) is 0 Å². The van der Waals surface area contributed by atoms with E-state index in [1.165, 1.54) is 18.4 Å². The predicted octanol–water partition coefficient (Wildman–Crippen LogP) is 2.96. The summed E-state index contributed by atoms with van der Waals surface area (Å²) >= 11 is 0. The van der Waals surface area contributed by atoms with Crippen molar-refractivity contribution in [2.24, 2.45) is 5.92 Å². The molecule has 1 aromatic rings. The van der Waals surface area contributed by atoms with E-state index in [0.29, 0.717) is 0 Å². The van der Waals surface area contributed by atoms with E-state index in [2.05, 4.69) is 31.3 Å². The van der Waals surface area contributed by atoms with Gasteiger partial charge in [0.1, 0.15) is 17.4 Å². The highest BCUT2D eigenvalue weighted by Gasteiger charge is 2.33. The Labute approximate surface area is 114 Å². The summed E-state index contributed by atoms with van der Waals surface area (Å²) in [5, 5.41) is 12.8. The lowest BCUT2D eigenvalue weighted by Crippen LogP contribution is -2.26. The first-order valence-electron chi connectivity index (χ1n) is 7.03. The topological polar surface area (TPSA) is 45.0 Å². The van der Waals surface area contributed by atoms with Crippen molar-refractivity contribution in [2.75, 3.05) is 6.54 Å². The summed E-state index contributed by atoms with van der Waals surface area (Å²) in [6.07, 6.45) is 3.50. The van der Waals surface area contributed by atoms with Crippen LogP contribution in [-0.2, 0) is 6.42 Å². The lowest BCUT2D eigenvalue weighted by Gasteiger charge is -2.20. The molecule has 3 nitrogen and oxygen atoms in total. The van der Waals surface area contributed by atoms with Crippen LogP contribution in [0.4, 0.5) is 0 Å². The zero-order valence-corrected chi connectivity index (χ0v) is 11.6. The number of fused-ring (bicyclic) bond motifs is 1. The van der Waals surface area contributed by atoms with E-state index in [9.17, 15) is 5.26 Å². The van der Waals surface area contributed by atoms with Gasteiger partial charge in [-0.3, -0.25) is 5.32 Å². The summed E-state index contributed by atoms with van der Waals surface area (Å²) in [5.41, 5.74) is 2.05. The van der Waals surface area contributed by atoms with Gasteiger partial charge < -0.3 is 4.74 Å². The van der Waals surface area contributed by atoms with Crippen LogP contribution in [0.5, 0.6) is 5.75 Å². The van der Waals surface area contributed by atoms with Gasteiger partial charge in [-0.2, -0.15) is 5.26 Å². The molecule has 100 valence electrons. The van der Waals surface area contributed by atoms with Gasteiger partial charge in [-0.1, -0.05) is 18.2 Å². The fourth-order valence-electron chi connectivity index (χ4n) is 2.70. The van der Waals surface area contributed by atoms with E-state index in [1.807, 2.05) is 12.1 Å². The number of para-hydroxylation sites is 1. The molecule has 1 aliphatic carbocycles. The van der Waals surface area contributed by atoms with E-state index in [4.69, 9.17) is 4.74 Å².